The fourth-order valence-electron chi connectivity index (χ4n) is 2.34. The van der Waals surface area contributed by atoms with Gasteiger partial charge in [0.15, 0.2) is 0 Å². The summed E-state index contributed by atoms with van der Waals surface area (Å²) in [6.45, 7) is 9.39. The standard InChI is InChI=1S/C13H19NSi/c1-10-7-6-8-11-9-12(15(3,4)5)14(2)13(10)11/h6-9H,1-5H3. The Morgan fingerprint density at radius 3 is 2.33 bits per heavy atom. The van der Waals surface area contributed by atoms with Crippen molar-refractivity contribution in [3.63, 3.8) is 0 Å². The lowest BCUT2D eigenvalue weighted by Gasteiger charge is -2.17. The number of fused-ring (bicyclic) bond motifs is 1. The molecule has 1 aromatic heterocycles. The summed E-state index contributed by atoms with van der Waals surface area (Å²) in [7, 11) is 0.976. The molecule has 1 aromatic carbocycles. The maximum Gasteiger partial charge on any atom is 0.0984 e. The summed E-state index contributed by atoms with van der Waals surface area (Å²) in [6.07, 6.45) is 0. The molecule has 0 atom stereocenters. The SMILES string of the molecule is Cc1cccc2cc([Si](C)(C)C)n(C)c12. The number of nitrogens with zero attached hydrogens (tertiary/aromatic N) is 1. The molecule has 0 saturated carbocycles. The first kappa shape index (κ1) is 10.5. The molecular formula is C13H19NSi. The number of aryl methyl sites for hydroxylation is 2. The highest BCUT2D eigenvalue weighted by Crippen LogP contribution is 2.19. The predicted octanol–water partition coefficient (Wildman–Crippen LogP) is 3.03. The van der Waals surface area contributed by atoms with Crippen LogP contribution in [0.25, 0.3) is 10.9 Å². The highest BCUT2D eigenvalue weighted by molar-refractivity contribution is 6.88. The van der Waals surface area contributed by atoms with Crippen LogP contribution in [0, 0.1) is 6.92 Å². The van der Waals surface area contributed by atoms with E-state index in [1.165, 1.54) is 21.8 Å². The Balaban J connectivity index is 2.82. The summed E-state index contributed by atoms with van der Waals surface area (Å²) in [6, 6.07) is 8.92. The molecule has 2 heteroatoms. The maximum absolute atomic E-state index is 2.40. The molecule has 0 aliphatic heterocycles. The molecule has 0 amide bonds. The van der Waals surface area contributed by atoms with Crippen molar-refractivity contribution in [2.24, 2.45) is 7.05 Å². The van der Waals surface area contributed by atoms with Gasteiger partial charge in [-0.25, -0.2) is 0 Å². The quantitative estimate of drug-likeness (QED) is 0.647. The fourth-order valence-corrected chi connectivity index (χ4v) is 4.05. The van der Waals surface area contributed by atoms with Crippen LogP contribution in [0.15, 0.2) is 24.3 Å². The van der Waals surface area contributed by atoms with Crippen LogP contribution >= 0.6 is 0 Å². The summed E-state index contributed by atoms with van der Waals surface area (Å²) in [5, 5.41) is 2.92. The molecule has 0 aliphatic rings. The van der Waals surface area contributed by atoms with Gasteiger partial charge in [0, 0.05) is 12.4 Å². The molecule has 2 rings (SSSR count). The molecule has 0 radical (unpaired) electrons. The van der Waals surface area contributed by atoms with Gasteiger partial charge >= 0.3 is 0 Å². The van der Waals surface area contributed by atoms with Crippen molar-refractivity contribution in [2.75, 3.05) is 0 Å². The molecule has 2 aromatic rings. The van der Waals surface area contributed by atoms with Crippen LogP contribution in [0.3, 0.4) is 0 Å². The number of rotatable bonds is 1. The monoisotopic (exact) mass is 217 g/mol. The second kappa shape index (κ2) is 3.24. The number of hydrogen-bond acceptors (Lipinski definition) is 0. The van der Waals surface area contributed by atoms with Crippen LogP contribution in [0.2, 0.25) is 19.6 Å². The van der Waals surface area contributed by atoms with Crippen LogP contribution in [0.4, 0.5) is 0 Å². The molecule has 15 heavy (non-hydrogen) atoms. The molecule has 0 bridgehead atoms. The summed E-state index contributed by atoms with van der Waals surface area (Å²) in [4.78, 5) is 0. The first-order valence-electron chi connectivity index (χ1n) is 5.47. The second-order valence-electron chi connectivity index (χ2n) is 5.35. The Hall–Kier alpha value is -1.02. The van der Waals surface area contributed by atoms with Gasteiger partial charge in [0.05, 0.1) is 13.6 Å². The van der Waals surface area contributed by atoms with Crippen molar-refractivity contribution in [3.05, 3.63) is 29.8 Å². The lowest BCUT2D eigenvalue weighted by Crippen LogP contribution is -2.41. The van der Waals surface area contributed by atoms with Gasteiger partial charge in [0.25, 0.3) is 0 Å². The van der Waals surface area contributed by atoms with Crippen LogP contribution < -0.4 is 5.32 Å². The van der Waals surface area contributed by atoms with E-state index in [0.717, 1.165) is 0 Å². The third-order valence-electron chi connectivity index (χ3n) is 3.03. The molecule has 0 N–H and O–H groups in total. The average Bonchev–Trinajstić information content (AvgIpc) is 2.44. The smallest absolute Gasteiger partial charge is 0.0984 e. The Morgan fingerprint density at radius 2 is 1.80 bits per heavy atom. The number of benzene rings is 1. The molecule has 1 nitrogen and oxygen atoms in total. The van der Waals surface area contributed by atoms with Crippen LogP contribution in [-0.2, 0) is 7.05 Å². The van der Waals surface area contributed by atoms with E-state index in [1.54, 1.807) is 0 Å². The Kier molecular flexibility index (Phi) is 2.27. The van der Waals surface area contributed by atoms with Gasteiger partial charge in [0.1, 0.15) is 0 Å². The molecule has 0 unspecified atom stereocenters. The highest BCUT2D eigenvalue weighted by atomic mass is 28.3. The normalized spacial score (nSPS) is 12.3. The van der Waals surface area contributed by atoms with E-state index < -0.39 is 8.07 Å². The first-order chi connectivity index (χ1) is 6.91. The Morgan fingerprint density at radius 1 is 1.13 bits per heavy atom. The lowest BCUT2D eigenvalue weighted by atomic mass is 10.2. The summed E-state index contributed by atoms with van der Waals surface area (Å²) < 4.78 is 2.39. The average molecular weight is 217 g/mol. The van der Waals surface area contributed by atoms with Crippen molar-refractivity contribution in [1.82, 2.24) is 4.57 Å². The van der Waals surface area contributed by atoms with E-state index in [9.17, 15) is 0 Å². The van der Waals surface area contributed by atoms with E-state index in [4.69, 9.17) is 0 Å². The summed E-state index contributed by atoms with van der Waals surface area (Å²) >= 11 is 0. The summed E-state index contributed by atoms with van der Waals surface area (Å²) in [5.41, 5.74) is 2.77. The van der Waals surface area contributed by atoms with Gasteiger partial charge in [-0.2, -0.15) is 0 Å². The van der Waals surface area contributed by atoms with E-state index in [0.29, 0.717) is 0 Å². The molecule has 80 valence electrons. The predicted molar refractivity (Wildman–Crippen MR) is 70.6 cm³/mol. The summed E-state index contributed by atoms with van der Waals surface area (Å²) in [5.74, 6) is 0. The molecule has 1 heterocycles. The molecular weight excluding hydrogens is 198 g/mol. The first-order valence-corrected chi connectivity index (χ1v) is 8.97. The fraction of sp³-hybridized carbons (Fsp3) is 0.385. The van der Waals surface area contributed by atoms with Crippen molar-refractivity contribution < 1.29 is 0 Å². The minimum atomic E-state index is -1.22. The Bertz CT molecular complexity index is 503. The minimum absolute atomic E-state index is 1.22. The topological polar surface area (TPSA) is 4.93 Å². The van der Waals surface area contributed by atoms with Crippen molar-refractivity contribution in [1.29, 1.82) is 0 Å². The largest absolute Gasteiger partial charge is 0.351 e. The van der Waals surface area contributed by atoms with Crippen molar-refractivity contribution in [2.45, 2.75) is 26.6 Å². The van der Waals surface area contributed by atoms with Gasteiger partial charge in [-0.3, -0.25) is 0 Å². The van der Waals surface area contributed by atoms with Crippen LogP contribution in [-0.4, -0.2) is 12.6 Å². The molecule has 0 aliphatic carbocycles. The van der Waals surface area contributed by atoms with E-state index >= 15 is 0 Å². The van der Waals surface area contributed by atoms with Gasteiger partial charge in [-0.05, 0) is 23.9 Å². The second-order valence-corrected chi connectivity index (χ2v) is 10.4. The highest BCUT2D eigenvalue weighted by Gasteiger charge is 2.21. The van der Waals surface area contributed by atoms with E-state index in [2.05, 4.69) is 62.4 Å². The van der Waals surface area contributed by atoms with Crippen LogP contribution in [0.5, 0.6) is 0 Å². The number of para-hydroxylation sites is 1. The number of hydrogen-bond donors (Lipinski definition) is 0. The zero-order valence-electron chi connectivity index (χ0n) is 10.3. The van der Waals surface area contributed by atoms with Crippen molar-refractivity contribution >= 4 is 24.3 Å². The Labute approximate surface area is 92.7 Å². The van der Waals surface area contributed by atoms with Gasteiger partial charge < -0.3 is 4.57 Å². The van der Waals surface area contributed by atoms with Crippen LogP contribution in [0.1, 0.15) is 5.56 Å². The van der Waals surface area contributed by atoms with E-state index in [1.807, 2.05) is 0 Å². The molecule has 0 spiro atoms. The molecule has 0 saturated heterocycles. The maximum atomic E-state index is 2.40. The zero-order valence-corrected chi connectivity index (χ0v) is 11.3. The third-order valence-corrected chi connectivity index (χ3v) is 5.04. The zero-order chi connectivity index (χ0) is 11.2. The van der Waals surface area contributed by atoms with Gasteiger partial charge in [-0.15, -0.1) is 0 Å². The minimum Gasteiger partial charge on any atom is -0.351 e. The number of aromatic nitrogens is 1. The van der Waals surface area contributed by atoms with E-state index in [-0.39, 0.29) is 0 Å². The van der Waals surface area contributed by atoms with Crippen molar-refractivity contribution in [3.8, 4) is 0 Å². The lowest BCUT2D eigenvalue weighted by molar-refractivity contribution is 0.990. The molecule has 0 fully saturated rings. The third kappa shape index (κ3) is 1.63. The van der Waals surface area contributed by atoms with Gasteiger partial charge in [0.2, 0.25) is 0 Å². The van der Waals surface area contributed by atoms with Gasteiger partial charge in [-0.1, -0.05) is 37.8 Å².